The lowest BCUT2D eigenvalue weighted by molar-refractivity contribution is -0.136. The van der Waals surface area contributed by atoms with Gasteiger partial charge in [0.1, 0.15) is 10.7 Å². The molecule has 0 bridgehead atoms. The monoisotopic (exact) mass is 485 g/mol. The zero-order chi connectivity index (χ0) is 22.3. The molecule has 0 aromatic heterocycles. The molecule has 2 amide bonds. The molecule has 0 aliphatic carbocycles. The fraction of sp³-hybridized carbons (Fsp3) is 0.300. The van der Waals surface area contributed by atoms with Crippen molar-refractivity contribution in [3.63, 3.8) is 0 Å². The van der Waals surface area contributed by atoms with Gasteiger partial charge in [0.15, 0.2) is 0 Å². The van der Waals surface area contributed by atoms with Gasteiger partial charge in [-0.15, -0.1) is 0 Å². The van der Waals surface area contributed by atoms with Crippen LogP contribution in [-0.4, -0.2) is 55.6 Å². The van der Waals surface area contributed by atoms with Crippen LogP contribution in [0.15, 0.2) is 41.3 Å². The summed E-state index contributed by atoms with van der Waals surface area (Å²) in [6.07, 6.45) is -0.0475. The number of nitrogens with one attached hydrogen (secondary N) is 1. The fourth-order valence-corrected chi connectivity index (χ4v) is 6.01. The van der Waals surface area contributed by atoms with Crippen LogP contribution in [0.1, 0.15) is 17.9 Å². The average Bonchev–Trinajstić information content (AvgIpc) is 2.74. The number of anilines is 1. The third-order valence-corrected chi connectivity index (χ3v) is 8.31. The number of sulfonamides is 1. The molecule has 31 heavy (non-hydrogen) atoms. The lowest BCUT2D eigenvalue weighted by Crippen LogP contribution is -2.52. The van der Waals surface area contributed by atoms with Crippen LogP contribution in [0.2, 0.25) is 10.0 Å². The molecule has 164 valence electrons. The van der Waals surface area contributed by atoms with Gasteiger partial charge < -0.3 is 10.2 Å². The van der Waals surface area contributed by atoms with Crippen LogP contribution in [0.3, 0.4) is 0 Å². The van der Waals surface area contributed by atoms with Crippen LogP contribution in [0.5, 0.6) is 0 Å². The van der Waals surface area contributed by atoms with E-state index in [2.05, 4.69) is 5.32 Å². The summed E-state index contributed by atoms with van der Waals surface area (Å²) in [4.78, 5) is 26.6. The average molecular weight is 486 g/mol. The molecule has 7 nitrogen and oxygen atoms in total. The summed E-state index contributed by atoms with van der Waals surface area (Å²) in [7, 11) is -3.88. The Morgan fingerprint density at radius 3 is 2.52 bits per heavy atom. The number of carbonyl (C=O) groups is 2. The van der Waals surface area contributed by atoms with Crippen molar-refractivity contribution < 1.29 is 22.4 Å². The quantitative estimate of drug-likeness (QED) is 0.723. The van der Waals surface area contributed by atoms with Crippen LogP contribution < -0.4 is 5.32 Å². The highest BCUT2D eigenvalue weighted by Gasteiger charge is 2.37. The molecular weight excluding hydrogens is 468 g/mol. The van der Waals surface area contributed by atoms with Crippen LogP contribution in [-0.2, 0) is 19.6 Å². The van der Waals surface area contributed by atoms with Gasteiger partial charge in [-0.05, 0) is 29.8 Å². The van der Waals surface area contributed by atoms with E-state index >= 15 is 0 Å². The van der Waals surface area contributed by atoms with Crippen LogP contribution in [0, 0.1) is 5.82 Å². The first-order valence-electron chi connectivity index (χ1n) is 9.50. The van der Waals surface area contributed by atoms with Crippen LogP contribution in [0.4, 0.5) is 10.1 Å². The lowest BCUT2D eigenvalue weighted by atomic mass is 9.89. The Morgan fingerprint density at radius 2 is 1.81 bits per heavy atom. The number of amides is 2. The maximum Gasteiger partial charge on any atom is 0.244 e. The van der Waals surface area contributed by atoms with Gasteiger partial charge in [-0.25, -0.2) is 12.8 Å². The van der Waals surface area contributed by atoms with Gasteiger partial charge in [-0.1, -0.05) is 35.3 Å². The molecule has 2 aromatic carbocycles. The van der Waals surface area contributed by atoms with E-state index in [9.17, 15) is 22.4 Å². The number of fused-ring (bicyclic) bond motifs is 1. The summed E-state index contributed by atoms with van der Waals surface area (Å²) in [5.41, 5.74) is 0.832. The largest absolute Gasteiger partial charge is 0.340 e. The number of benzene rings is 2. The zero-order valence-corrected chi connectivity index (χ0v) is 18.5. The van der Waals surface area contributed by atoms with E-state index in [4.69, 9.17) is 23.2 Å². The summed E-state index contributed by atoms with van der Waals surface area (Å²) in [5.74, 6) is -1.91. The zero-order valence-electron chi connectivity index (χ0n) is 16.1. The van der Waals surface area contributed by atoms with Crippen molar-refractivity contribution in [3.8, 4) is 0 Å². The van der Waals surface area contributed by atoms with E-state index in [-0.39, 0.29) is 65.0 Å². The van der Waals surface area contributed by atoms with Crippen molar-refractivity contribution in [2.24, 2.45) is 0 Å². The predicted molar refractivity (Wildman–Crippen MR) is 114 cm³/mol. The topological polar surface area (TPSA) is 86.8 Å². The third-order valence-electron chi connectivity index (χ3n) is 5.44. The molecule has 1 fully saturated rings. The van der Waals surface area contributed by atoms with E-state index in [0.29, 0.717) is 5.56 Å². The third kappa shape index (κ3) is 4.15. The van der Waals surface area contributed by atoms with E-state index in [1.54, 1.807) is 0 Å². The number of nitrogens with zero attached hydrogens (tertiary/aromatic N) is 2. The minimum Gasteiger partial charge on any atom is -0.340 e. The Bertz CT molecular complexity index is 1170. The van der Waals surface area contributed by atoms with Gasteiger partial charge in [-0.2, -0.15) is 4.31 Å². The second-order valence-electron chi connectivity index (χ2n) is 7.32. The van der Waals surface area contributed by atoms with Gasteiger partial charge in [-0.3, -0.25) is 9.59 Å². The van der Waals surface area contributed by atoms with E-state index in [1.807, 2.05) is 0 Å². The molecule has 4 rings (SSSR count). The maximum absolute atomic E-state index is 13.5. The molecule has 2 aliphatic rings. The van der Waals surface area contributed by atoms with Gasteiger partial charge >= 0.3 is 0 Å². The molecule has 1 atom stereocenters. The second-order valence-corrected chi connectivity index (χ2v) is 10.0. The SMILES string of the molecule is O=C1C[C@H](C(=O)N2CCN(S(=O)(=O)c3cccc(Cl)c3Cl)CC2)c2ccc(F)cc2N1. The normalized spacial score (nSPS) is 19.6. The number of carbonyl (C=O) groups excluding carboxylic acids is 2. The first-order chi connectivity index (χ1) is 14.7. The van der Waals surface area contributed by atoms with E-state index in [1.165, 1.54) is 45.6 Å². The Labute approximate surface area is 188 Å². The lowest BCUT2D eigenvalue weighted by Gasteiger charge is -2.37. The van der Waals surface area contributed by atoms with Gasteiger partial charge in [0, 0.05) is 38.3 Å². The highest BCUT2D eigenvalue weighted by atomic mass is 35.5. The Hall–Kier alpha value is -2.20. The highest BCUT2D eigenvalue weighted by molar-refractivity contribution is 7.89. The molecule has 1 saturated heterocycles. The molecule has 2 aromatic rings. The van der Waals surface area contributed by atoms with Gasteiger partial charge in [0.2, 0.25) is 21.8 Å². The number of piperazine rings is 1. The molecule has 1 N–H and O–H groups in total. The molecule has 0 saturated carbocycles. The van der Waals surface area contributed by atoms with Crippen molar-refractivity contribution >= 4 is 50.7 Å². The van der Waals surface area contributed by atoms with Gasteiger partial charge in [0.05, 0.1) is 16.0 Å². The van der Waals surface area contributed by atoms with Crippen molar-refractivity contribution in [1.29, 1.82) is 0 Å². The van der Waals surface area contributed by atoms with Crippen LogP contribution >= 0.6 is 23.2 Å². The summed E-state index contributed by atoms with van der Waals surface area (Å²) in [5, 5.41) is 2.68. The molecule has 0 spiro atoms. The minimum atomic E-state index is -3.88. The number of halogens is 3. The van der Waals surface area contributed by atoms with Crippen molar-refractivity contribution in [1.82, 2.24) is 9.21 Å². The van der Waals surface area contributed by atoms with E-state index in [0.717, 1.165) is 0 Å². The Kier molecular flexibility index (Phi) is 5.95. The maximum atomic E-state index is 13.5. The number of rotatable bonds is 3. The Balaban J connectivity index is 1.50. The molecule has 2 heterocycles. The van der Waals surface area contributed by atoms with Crippen LogP contribution in [0.25, 0.3) is 0 Å². The van der Waals surface area contributed by atoms with E-state index < -0.39 is 21.8 Å². The highest BCUT2D eigenvalue weighted by Crippen LogP contribution is 2.35. The van der Waals surface area contributed by atoms with Gasteiger partial charge in [0.25, 0.3) is 0 Å². The van der Waals surface area contributed by atoms with Crippen molar-refractivity contribution in [2.45, 2.75) is 17.2 Å². The first kappa shape index (κ1) is 22.0. The summed E-state index contributed by atoms with van der Waals surface area (Å²) in [6, 6.07) is 8.33. The molecule has 2 aliphatic heterocycles. The fourth-order valence-electron chi connectivity index (χ4n) is 3.85. The summed E-state index contributed by atoms with van der Waals surface area (Å²) < 4.78 is 40.7. The molecule has 0 radical (unpaired) electrons. The molecule has 0 unspecified atom stereocenters. The minimum absolute atomic E-state index is 0.0419. The number of hydrogen-bond donors (Lipinski definition) is 1. The molecular formula is C20H18Cl2FN3O4S. The van der Waals surface area contributed by atoms with Crippen molar-refractivity contribution in [3.05, 3.63) is 57.8 Å². The second kappa shape index (κ2) is 8.38. The summed E-state index contributed by atoms with van der Waals surface area (Å²) >= 11 is 12.0. The molecule has 11 heteroatoms. The summed E-state index contributed by atoms with van der Waals surface area (Å²) in [6.45, 7) is 0.466. The first-order valence-corrected chi connectivity index (χ1v) is 11.7. The number of hydrogen-bond acceptors (Lipinski definition) is 4. The van der Waals surface area contributed by atoms with Crippen molar-refractivity contribution in [2.75, 3.05) is 31.5 Å². The predicted octanol–water partition coefficient (Wildman–Crippen LogP) is 3.09. The Morgan fingerprint density at radius 1 is 1.10 bits per heavy atom. The standard InChI is InChI=1S/C20H18Cl2FN3O4S/c21-15-2-1-3-17(19(15)22)31(29,30)26-8-6-25(7-9-26)20(28)14-11-18(27)24-16-10-12(23)4-5-13(14)16/h1-5,10,14H,6-9,11H2,(H,24,27)/t14-/m0/s1. The smallest absolute Gasteiger partial charge is 0.244 e.